The van der Waals surface area contributed by atoms with Crippen LogP contribution < -0.4 is 0 Å². The first-order chi connectivity index (χ1) is 38.0. The second-order valence-corrected chi connectivity index (χ2v) is 22.7. The van der Waals surface area contributed by atoms with Crippen molar-refractivity contribution in [2.24, 2.45) is 0 Å². The second-order valence-electron chi connectivity index (χ2n) is 22.7. The second kappa shape index (κ2) is 65.6. The van der Waals surface area contributed by atoms with Gasteiger partial charge in [0.2, 0.25) is 0 Å². The van der Waals surface area contributed by atoms with Gasteiger partial charge in [0.1, 0.15) is 13.2 Å². The van der Waals surface area contributed by atoms with Gasteiger partial charge in [-0.3, -0.25) is 14.4 Å². The van der Waals surface area contributed by atoms with Crippen LogP contribution >= 0.6 is 0 Å². The standard InChI is InChI=1S/C71H128O6/c1-4-7-10-13-16-19-22-24-26-28-30-31-32-33-34-35-36-37-38-39-40-41-42-44-45-47-49-52-55-58-61-64-70(73)76-67-68(66-75-69(72)63-60-57-54-51-21-18-15-12-9-6-3)77-71(74)65-62-59-56-53-50-48-46-43-29-27-25-23-20-17-14-11-8-5-2/h7,10,16,19,24,26,30-31,33-34,68H,4-6,8-9,11-15,17-18,20-23,25,27-29,32,35-67H2,1-3H3/b10-7-,19-16-,26-24-,31-30-,34-33-. The Bertz CT molecular complexity index is 1380. The van der Waals surface area contributed by atoms with E-state index < -0.39 is 6.10 Å². The molecule has 6 heteroatoms. The Balaban J connectivity index is 4.12. The molecule has 0 aromatic heterocycles. The third-order valence-corrected chi connectivity index (χ3v) is 15.0. The van der Waals surface area contributed by atoms with Gasteiger partial charge in [-0.25, -0.2) is 0 Å². The van der Waals surface area contributed by atoms with Crippen LogP contribution in [0.1, 0.15) is 355 Å². The van der Waals surface area contributed by atoms with Crippen LogP contribution in [0, 0.1) is 0 Å². The van der Waals surface area contributed by atoms with Gasteiger partial charge in [0, 0.05) is 19.3 Å². The van der Waals surface area contributed by atoms with E-state index in [0.717, 1.165) is 89.9 Å². The lowest BCUT2D eigenvalue weighted by Gasteiger charge is -2.18. The molecule has 0 saturated carbocycles. The maximum atomic E-state index is 12.9. The fraction of sp³-hybridized carbons (Fsp3) is 0.817. The Morgan fingerprint density at radius 3 is 0.792 bits per heavy atom. The monoisotopic (exact) mass is 1080 g/mol. The maximum absolute atomic E-state index is 12.9. The van der Waals surface area contributed by atoms with E-state index in [1.165, 1.54) is 225 Å². The van der Waals surface area contributed by atoms with Gasteiger partial charge in [-0.15, -0.1) is 0 Å². The van der Waals surface area contributed by atoms with E-state index in [0.29, 0.717) is 19.3 Å². The quantitative estimate of drug-likeness (QED) is 0.0261. The Hall–Kier alpha value is -2.89. The third-order valence-electron chi connectivity index (χ3n) is 15.0. The molecule has 0 aromatic rings. The number of carbonyl (C=O) groups is 3. The van der Waals surface area contributed by atoms with E-state index in [1.807, 2.05) is 0 Å². The minimum absolute atomic E-state index is 0.0673. The van der Waals surface area contributed by atoms with Crippen molar-refractivity contribution in [1.29, 1.82) is 0 Å². The average Bonchev–Trinajstić information content (AvgIpc) is 3.43. The number of rotatable bonds is 62. The van der Waals surface area contributed by atoms with E-state index in [-0.39, 0.29) is 31.1 Å². The van der Waals surface area contributed by atoms with E-state index >= 15 is 0 Å². The van der Waals surface area contributed by atoms with Crippen LogP contribution in [0.2, 0.25) is 0 Å². The molecule has 0 radical (unpaired) electrons. The number of carbonyl (C=O) groups excluding carboxylic acids is 3. The Labute approximate surface area is 479 Å². The Kier molecular flexibility index (Phi) is 63.2. The van der Waals surface area contributed by atoms with E-state index in [4.69, 9.17) is 14.2 Å². The lowest BCUT2D eigenvalue weighted by Crippen LogP contribution is -2.30. The SMILES string of the molecule is CC/C=C\C/C=C\C/C=C\C/C=C\C/C=C\CCCCCCCCCCCCCCCCCC(=O)OCC(COC(=O)CCCCCCCCCCCC)OC(=O)CCCCCCCCCCCCCCCCCCCC. The molecule has 0 heterocycles. The van der Waals surface area contributed by atoms with Crippen LogP contribution in [-0.2, 0) is 28.6 Å². The zero-order valence-corrected chi connectivity index (χ0v) is 51.5. The van der Waals surface area contributed by atoms with Crippen molar-refractivity contribution < 1.29 is 28.6 Å². The zero-order valence-electron chi connectivity index (χ0n) is 51.5. The van der Waals surface area contributed by atoms with E-state index in [2.05, 4.69) is 81.5 Å². The third kappa shape index (κ3) is 63.8. The summed E-state index contributed by atoms with van der Waals surface area (Å²) in [5.74, 6) is -0.846. The summed E-state index contributed by atoms with van der Waals surface area (Å²) in [5.41, 5.74) is 0. The number of hydrogen-bond acceptors (Lipinski definition) is 6. The van der Waals surface area contributed by atoms with Crippen molar-refractivity contribution in [1.82, 2.24) is 0 Å². The van der Waals surface area contributed by atoms with Crippen molar-refractivity contribution in [2.75, 3.05) is 13.2 Å². The molecule has 77 heavy (non-hydrogen) atoms. The Morgan fingerprint density at radius 1 is 0.273 bits per heavy atom. The number of esters is 3. The molecule has 0 spiro atoms. The molecular weight excluding hydrogens is 949 g/mol. The van der Waals surface area contributed by atoms with Crippen LogP contribution in [-0.4, -0.2) is 37.2 Å². The molecular formula is C71H128O6. The van der Waals surface area contributed by atoms with Crippen LogP contribution in [0.3, 0.4) is 0 Å². The number of hydrogen-bond donors (Lipinski definition) is 0. The molecule has 0 bridgehead atoms. The molecule has 0 aliphatic carbocycles. The van der Waals surface area contributed by atoms with Gasteiger partial charge in [0.05, 0.1) is 0 Å². The smallest absolute Gasteiger partial charge is 0.306 e. The first kappa shape index (κ1) is 74.1. The molecule has 0 rings (SSSR count). The number of unbranched alkanes of at least 4 members (excludes halogenated alkanes) is 41. The molecule has 0 N–H and O–H groups in total. The summed E-state index contributed by atoms with van der Waals surface area (Å²) >= 11 is 0. The predicted octanol–water partition coefficient (Wildman–Crippen LogP) is 23.1. The zero-order chi connectivity index (χ0) is 55.7. The van der Waals surface area contributed by atoms with E-state index in [9.17, 15) is 14.4 Å². The topological polar surface area (TPSA) is 78.9 Å². The molecule has 0 fully saturated rings. The molecule has 1 atom stereocenters. The van der Waals surface area contributed by atoms with Crippen molar-refractivity contribution in [3.63, 3.8) is 0 Å². The fourth-order valence-corrected chi connectivity index (χ4v) is 10.0. The van der Waals surface area contributed by atoms with Gasteiger partial charge < -0.3 is 14.2 Å². The summed E-state index contributed by atoms with van der Waals surface area (Å²) < 4.78 is 16.9. The highest BCUT2D eigenvalue weighted by Gasteiger charge is 2.19. The fourth-order valence-electron chi connectivity index (χ4n) is 10.0. The van der Waals surface area contributed by atoms with Gasteiger partial charge in [-0.2, -0.15) is 0 Å². The predicted molar refractivity (Wildman–Crippen MR) is 335 cm³/mol. The summed E-state index contributed by atoms with van der Waals surface area (Å²) in [5, 5.41) is 0. The minimum Gasteiger partial charge on any atom is -0.462 e. The molecule has 0 aliphatic rings. The van der Waals surface area contributed by atoms with Crippen molar-refractivity contribution in [3.8, 4) is 0 Å². The molecule has 0 saturated heterocycles. The van der Waals surface area contributed by atoms with Crippen LogP contribution in [0.15, 0.2) is 60.8 Å². The minimum atomic E-state index is -0.769. The van der Waals surface area contributed by atoms with Crippen molar-refractivity contribution in [3.05, 3.63) is 60.8 Å². The number of allylic oxidation sites excluding steroid dienone is 10. The highest BCUT2D eigenvalue weighted by atomic mass is 16.6. The summed E-state index contributed by atoms with van der Waals surface area (Å²) in [7, 11) is 0. The lowest BCUT2D eigenvalue weighted by molar-refractivity contribution is -0.167. The highest BCUT2D eigenvalue weighted by molar-refractivity contribution is 5.71. The van der Waals surface area contributed by atoms with Crippen molar-refractivity contribution >= 4 is 17.9 Å². The van der Waals surface area contributed by atoms with E-state index in [1.54, 1.807) is 0 Å². The first-order valence-corrected chi connectivity index (χ1v) is 33.8. The average molecular weight is 1080 g/mol. The summed E-state index contributed by atoms with van der Waals surface area (Å²) in [6, 6.07) is 0. The summed E-state index contributed by atoms with van der Waals surface area (Å²) in [4.78, 5) is 38.3. The molecule has 0 aromatic carbocycles. The summed E-state index contributed by atoms with van der Waals surface area (Å²) in [6.07, 6.45) is 83.9. The Morgan fingerprint density at radius 2 is 0.506 bits per heavy atom. The molecule has 448 valence electrons. The maximum Gasteiger partial charge on any atom is 0.306 e. The van der Waals surface area contributed by atoms with Crippen LogP contribution in [0.25, 0.3) is 0 Å². The van der Waals surface area contributed by atoms with Gasteiger partial charge in [0.25, 0.3) is 0 Å². The summed E-state index contributed by atoms with van der Waals surface area (Å²) in [6.45, 7) is 6.57. The van der Waals surface area contributed by atoms with Crippen molar-refractivity contribution in [2.45, 2.75) is 361 Å². The van der Waals surface area contributed by atoms with Gasteiger partial charge in [0.15, 0.2) is 6.10 Å². The van der Waals surface area contributed by atoms with Gasteiger partial charge in [-0.1, -0.05) is 332 Å². The molecule has 0 aliphatic heterocycles. The largest absolute Gasteiger partial charge is 0.462 e. The van der Waals surface area contributed by atoms with Crippen LogP contribution in [0.5, 0.6) is 0 Å². The molecule has 6 nitrogen and oxygen atoms in total. The van der Waals surface area contributed by atoms with Crippen LogP contribution in [0.4, 0.5) is 0 Å². The number of ether oxygens (including phenoxy) is 3. The van der Waals surface area contributed by atoms with Gasteiger partial charge >= 0.3 is 17.9 Å². The molecule has 1 unspecified atom stereocenters. The molecule has 0 amide bonds. The highest BCUT2D eigenvalue weighted by Crippen LogP contribution is 2.18. The lowest BCUT2D eigenvalue weighted by atomic mass is 10.0. The normalized spacial score (nSPS) is 12.4. The first-order valence-electron chi connectivity index (χ1n) is 33.8. The van der Waals surface area contributed by atoms with Gasteiger partial charge in [-0.05, 0) is 64.2 Å².